The molecule has 4 nitrogen and oxygen atoms in total. The van der Waals surface area contributed by atoms with Gasteiger partial charge in [0.1, 0.15) is 0 Å². The fourth-order valence-electron chi connectivity index (χ4n) is 1.61. The van der Waals surface area contributed by atoms with E-state index in [0.29, 0.717) is 0 Å². The summed E-state index contributed by atoms with van der Waals surface area (Å²) in [6.45, 7) is 7.89. The maximum absolute atomic E-state index is 9.07. The fraction of sp³-hybridized carbons (Fsp3) is 0.636. The molecule has 0 amide bonds. The van der Waals surface area contributed by atoms with Gasteiger partial charge in [0, 0.05) is 37.3 Å². The standard InChI is InChI=1S/C11H16N4S/c1-11(2,8-12)9-7-14-10(16-9)15-5-3-13-4-6-15/h7,13H,3-6H2,1-2H3. The Kier molecular flexibility index (Phi) is 3.13. The van der Waals surface area contributed by atoms with Gasteiger partial charge in [0.25, 0.3) is 0 Å². The van der Waals surface area contributed by atoms with Gasteiger partial charge in [-0.05, 0) is 13.8 Å². The number of nitrogens with zero attached hydrogens (tertiary/aromatic N) is 3. The molecule has 1 fully saturated rings. The highest BCUT2D eigenvalue weighted by atomic mass is 32.1. The van der Waals surface area contributed by atoms with E-state index >= 15 is 0 Å². The summed E-state index contributed by atoms with van der Waals surface area (Å²) in [7, 11) is 0. The van der Waals surface area contributed by atoms with Crippen molar-refractivity contribution in [1.82, 2.24) is 10.3 Å². The molecule has 1 aliphatic heterocycles. The van der Waals surface area contributed by atoms with Crippen molar-refractivity contribution in [2.24, 2.45) is 0 Å². The third-order valence-corrected chi connectivity index (χ3v) is 4.16. The van der Waals surface area contributed by atoms with E-state index in [0.717, 1.165) is 36.2 Å². The van der Waals surface area contributed by atoms with Crippen molar-refractivity contribution >= 4 is 16.5 Å². The lowest BCUT2D eigenvalue weighted by Gasteiger charge is -2.26. The number of thiazole rings is 1. The molecule has 5 heteroatoms. The zero-order chi connectivity index (χ0) is 11.6. The minimum atomic E-state index is -0.427. The number of piperazine rings is 1. The van der Waals surface area contributed by atoms with E-state index in [1.54, 1.807) is 11.3 Å². The number of nitrogens with one attached hydrogen (secondary N) is 1. The minimum absolute atomic E-state index is 0.427. The van der Waals surface area contributed by atoms with Crippen molar-refractivity contribution in [2.75, 3.05) is 31.1 Å². The summed E-state index contributed by atoms with van der Waals surface area (Å²) in [6, 6.07) is 2.31. The molecule has 16 heavy (non-hydrogen) atoms. The molecule has 0 atom stereocenters. The van der Waals surface area contributed by atoms with E-state index in [1.165, 1.54) is 0 Å². The molecule has 1 saturated heterocycles. The molecule has 0 spiro atoms. The molecule has 2 heterocycles. The van der Waals surface area contributed by atoms with Gasteiger partial charge in [0.2, 0.25) is 0 Å². The first kappa shape index (κ1) is 11.4. The van der Waals surface area contributed by atoms with Crippen LogP contribution in [0, 0.1) is 11.3 Å². The third kappa shape index (κ3) is 2.18. The van der Waals surface area contributed by atoms with Crippen molar-refractivity contribution in [3.05, 3.63) is 11.1 Å². The first-order chi connectivity index (χ1) is 7.63. The highest BCUT2D eigenvalue weighted by Crippen LogP contribution is 2.31. The molecule has 0 radical (unpaired) electrons. The van der Waals surface area contributed by atoms with Gasteiger partial charge in [0.05, 0.1) is 11.5 Å². The van der Waals surface area contributed by atoms with Gasteiger partial charge in [0.15, 0.2) is 5.13 Å². The van der Waals surface area contributed by atoms with Gasteiger partial charge < -0.3 is 10.2 Å². The minimum Gasteiger partial charge on any atom is -0.346 e. The summed E-state index contributed by atoms with van der Waals surface area (Å²) in [6.07, 6.45) is 1.84. The summed E-state index contributed by atoms with van der Waals surface area (Å²) >= 11 is 1.64. The Labute approximate surface area is 99.9 Å². The predicted octanol–water partition coefficient (Wildman–Crippen LogP) is 1.35. The number of hydrogen-bond donors (Lipinski definition) is 1. The Morgan fingerprint density at radius 2 is 2.19 bits per heavy atom. The van der Waals surface area contributed by atoms with Crippen molar-refractivity contribution in [3.8, 4) is 6.07 Å². The van der Waals surface area contributed by atoms with Crippen LogP contribution in [-0.2, 0) is 5.41 Å². The Morgan fingerprint density at radius 3 is 2.81 bits per heavy atom. The highest BCUT2D eigenvalue weighted by molar-refractivity contribution is 7.15. The van der Waals surface area contributed by atoms with Crippen molar-refractivity contribution in [3.63, 3.8) is 0 Å². The Hall–Kier alpha value is -1.12. The van der Waals surface area contributed by atoms with Gasteiger partial charge in [-0.1, -0.05) is 0 Å². The average molecular weight is 236 g/mol. The summed E-state index contributed by atoms with van der Waals surface area (Å²) < 4.78 is 0. The van der Waals surface area contributed by atoms with Crippen LogP contribution in [0.4, 0.5) is 5.13 Å². The number of rotatable bonds is 2. The molecular weight excluding hydrogens is 220 g/mol. The molecule has 1 aromatic rings. The second kappa shape index (κ2) is 4.40. The second-order valence-corrected chi connectivity index (χ2v) is 5.49. The zero-order valence-corrected chi connectivity index (χ0v) is 10.5. The van der Waals surface area contributed by atoms with E-state index in [2.05, 4.69) is 21.3 Å². The summed E-state index contributed by atoms with van der Waals surface area (Å²) in [5, 5.41) is 13.4. The van der Waals surface area contributed by atoms with E-state index in [4.69, 9.17) is 5.26 Å². The molecule has 0 bridgehead atoms. The van der Waals surface area contributed by atoms with E-state index in [1.807, 2.05) is 20.0 Å². The van der Waals surface area contributed by atoms with Crippen molar-refractivity contribution in [1.29, 1.82) is 5.26 Å². The van der Waals surface area contributed by atoms with Crippen LogP contribution in [0.15, 0.2) is 6.20 Å². The first-order valence-electron chi connectivity index (χ1n) is 5.47. The molecule has 1 aromatic heterocycles. The van der Waals surface area contributed by atoms with Crippen LogP contribution in [0.25, 0.3) is 0 Å². The molecule has 0 unspecified atom stereocenters. The average Bonchev–Trinajstić information content (AvgIpc) is 2.80. The van der Waals surface area contributed by atoms with Gasteiger partial charge in [-0.15, -0.1) is 11.3 Å². The molecule has 0 aromatic carbocycles. The topological polar surface area (TPSA) is 52.0 Å². The molecule has 2 rings (SSSR count). The van der Waals surface area contributed by atoms with Crippen LogP contribution < -0.4 is 10.2 Å². The summed E-state index contributed by atoms with van der Waals surface area (Å²) in [4.78, 5) is 7.74. The van der Waals surface area contributed by atoms with Gasteiger partial charge >= 0.3 is 0 Å². The number of aromatic nitrogens is 1. The first-order valence-corrected chi connectivity index (χ1v) is 6.28. The maximum atomic E-state index is 9.07. The molecule has 0 aliphatic carbocycles. The van der Waals surface area contributed by atoms with Gasteiger partial charge in [-0.2, -0.15) is 5.26 Å². The van der Waals surface area contributed by atoms with Crippen LogP contribution in [-0.4, -0.2) is 31.2 Å². The van der Waals surface area contributed by atoms with Crippen LogP contribution >= 0.6 is 11.3 Å². The second-order valence-electron chi connectivity index (χ2n) is 4.48. The highest BCUT2D eigenvalue weighted by Gasteiger charge is 2.24. The van der Waals surface area contributed by atoms with Gasteiger partial charge in [-0.3, -0.25) is 0 Å². The summed E-state index contributed by atoms with van der Waals surface area (Å²) in [5.74, 6) is 0. The largest absolute Gasteiger partial charge is 0.346 e. The SMILES string of the molecule is CC(C)(C#N)c1cnc(N2CCNCC2)s1. The van der Waals surface area contributed by atoms with Crippen LogP contribution in [0.2, 0.25) is 0 Å². The Morgan fingerprint density at radius 1 is 1.50 bits per heavy atom. The molecule has 1 N–H and O–H groups in total. The van der Waals surface area contributed by atoms with Crippen molar-refractivity contribution in [2.45, 2.75) is 19.3 Å². The zero-order valence-electron chi connectivity index (χ0n) is 9.66. The molecular formula is C11H16N4S. The lowest BCUT2D eigenvalue weighted by atomic mass is 9.95. The Balaban J connectivity index is 2.16. The normalized spacial score (nSPS) is 17.2. The lowest BCUT2D eigenvalue weighted by molar-refractivity contribution is 0.588. The monoisotopic (exact) mass is 236 g/mol. The van der Waals surface area contributed by atoms with Crippen LogP contribution in [0.3, 0.4) is 0 Å². The lowest BCUT2D eigenvalue weighted by Crippen LogP contribution is -2.43. The molecule has 0 saturated carbocycles. The van der Waals surface area contributed by atoms with E-state index < -0.39 is 5.41 Å². The number of anilines is 1. The van der Waals surface area contributed by atoms with Crippen LogP contribution in [0.5, 0.6) is 0 Å². The Bertz CT molecular complexity index is 398. The predicted molar refractivity (Wildman–Crippen MR) is 65.8 cm³/mol. The quantitative estimate of drug-likeness (QED) is 0.842. The van der Waals surface area contributed by atoms with Crippen molar-refractivity contribution < 1.29 is 0 Å². The summed E-state index contributed by atoms with van der Waals surface area (Å²) in [5.41, 5.74) is -0.427. The van der Waals surface area contributed by atoms with Gasteiger partial charge in [-0.25, -0.2) is 4.98 Å². The van der Waals surface area contributed by atoms with Crippen LogP contribution in [0.1, 0.15) is 18.7 Å². The smallest absolute Gasteiger partial charge is 0.185 e. The van der Waals surface area contributed by atoms with E-state index in [-0.39, 0.29) is 0 Å². The number of nitriles is 1. The maximum Gasteiger partial charge on any atom is 0.185 e. The third-order valence-electron chi connectivity index (χ3n) is 2.78. The number of hydrogen-bond acceptors (Lipinski definition) is 5. The molecule has 1 aliphatic rings. The fourth-order valence-corrected chi connectivity index (χ4v) is 2.63. The molecule has 86 valence electrons. The van der Waals surface area contributed by atoms with E-state index in [9.17, 15) is 0 Å².